The number of nitrogens with one attached hydrogen (secondary N) is 1. The van der Waals surface area contributed by atoms with Gasteiger partial charge in [0, 0.05) is 11.4 Å². The van der Waals surface area contributed by atoms with Crippen molar-refractivity contribution in [2.24, 2.45) is 5.92 Å². The van der Waals surface area contributed by atoms with Crippen LogP contribution in [0.5, 0.6) is 0 Å². The monoisotopic (exact) mass is 248 g/mol. The SMILES string of the molecule is CCC(C#N)CNCCc1ccc(SC)cc1. The molecular formula is C14H20N2S. The Morgan fingerprint density at radius 3 is 2.59 bits per heavy atom. The van der Waals surface area contributed by atoms with Crippen molar-refractivity contribution in [2.75, 3.05) is 19.3 Å². The average Bonchev–Trinajstić information content (AvgIpc) is 2.40. The number of thioether (sulfide) groups is 1. The van der Waals surface area contributed by atoms with Gasteiger partial charge < -0.3 is 5.32 Å². The minimum absolute atomic E-state index is 0.147. The molecule has 2 nitrogen and oxygen atoms in total. The molecule has 1 N–H and O–H groups in total. The Morgan fingerprint density at radius 1 is 1.35 bits per heavy atom. The van der Waals surface area contributed by atoms with Crippen LogP contribution in [0.4, 0.5) is 0 Å². The van der Waals surface area contributed by atoms with Crippen molar-refractivity contribution >= 4 is 11.8 Å². The highest BCUT2D eigenvalue weighted by molar-refractivity contribution is 7.98. The zero-order valence-electron chi connectivity index (χ0n) is 10.6. The summed E-state index contributed by atoms with van der Waals surface area (Å²) in [5.74, 6) is 0.147. The lowest BCUT2D eigenvalue weighted by molar-refractivity contribution is 0.555. The van der Waals surface area contributed by atoms with Crippen LogP contribution >= 0.6 is 11.8 Å². The van der Waals surface area contributed by atoms with Gasteiger partial charge in [-0.3, -0.25) is 0 Å². The second kappa shape index (κ2) is 8.16. The lowest BCUT2D eigenvalue weighted by Gasteiger charge is -2.08. The van der Waals surface area contributed by atoms with Gasteiger partial charge in [0.15, 0.2) is 0 Å². The molecule has 0 heterocycles. The van der Waals surface area contributed by atoms with Crippen LogP contribution in [0.15, 0.2) is 29.2 Å². The molecule has 0 saturated carbocycles. The minimum atomic E-state index is 0.147. The molecule has 1 aromatic rings. The van der Waals surface area contributed by atoms with E-state index in [2.05, 4.69) is 48.8 Å². The molecule has 0 aliphatic heterocycles. The third kappa shape index (κ3) is 5.25. The van der Waals surface area contributed by atoms with E-state index in [1.165, 1.54) is 10.5 Å². The van der Waals surface area contributed by atoms with E-state index in [4.69, 9.17) is 5.26 Å². The smallest absolute Gasteiger partial charge is 0.0669 e. The Balaban J connectivity index is 2.24. The van der Waals surface area contributed by atoms with E-state index < -0.39 is 0 Å². The van der Waals surface area contributed by atoms with Crippen molar-refractivity contribution in [3.63, 3.8) is 0 Å². The van der Waals surface area contributed by atoms with Crippen LogP contribution in [-0.2, 0) is 6.42 Å². The fraction of sp³-hybridized carbons (Fsp3) is 0.500. The van der Waals surface area contributed by atoms with Crippen LogP contribution in [-0.4, -0.2) is 19.3 Å². The van der Waals surface area contributed by atoms with E-state index >= 15 is 0 Å². The highest BCUT2D eigenvalue weighted by atomic mass is 32.2. The topological polar surface area (TPSA) is 35.8 Å². The van der Waals surface area contributed by atoms with Gasteiger partial charge in [-0.05, 0) is 43.3 Å². The fourth-order valence-electron chi connectivity index (χ4n) is 1.58. The molecule has 0 bridgehead atoms. The van der Waals surface area contributed by atoms with E-state index in [-0.39, 0.29) is 5.92 Å². The highest BCUT2D eigenvalue weighted by Crippen LogP contribution is 2.14. The predicted octanol–water partition coefficient (Wildman–Crippen LogP) is 3.09. The number of rotatable bonds is 7. The molecule has 0 saturated heterocycles. The molecule has 1 aromatic carbocycles. The van der Waals surface area contributed by atoms with Gasteiger partial charge in [0.25, 0.3) is 0 Å². The summed E-state index contributed by atoms with van der Waals surface area (Å²) >= 11 is 1.76. The van der Waals surface area contributed by atoms with E-state index in [9.17, 15) is 0 Å². The van der Waals surface area contributed by atoms with E-state index in [1.54, 1.807) is 11.8 Å². The summed E-state index contributed by atoms with van der Waals surface area (Å²) in [6.45, 7) is 3.80. The summed E-state index contributed by atoms with van der Waals surface area (Å²) in [6, 6.07) is 11.0. The van der Waals surface area contributed by atoms with Gasteiger partial charge >= 0.3 is 0 Å². The van der Waals surface area contributed by atoms with Crippen LogP contribution in [0.25, 0.3) is 0 Å². The highest BCUT2D eigenvalue weighted by Gasteiger charge is 2.02. The summed E-state index contributed by atoms with van der Waals surface area (Å²) in [4.78, 5) is 1.30. The first-order chi connectivity index (χ1) is 8.30. The van der Waals surface area contributed by atoms with Crippen LogP contribution in [0, 0.1) is 17.2 Å². The second-order valence-corrected chi connectivity index (χ2v) is 4.92. The number of nitrogens with zero attached hydrogens (tertiary/aromatic N) is 1. The number of benzene rings is 1. The molecule has 3 heteroatoms. The maximum absolute atomic E-state index is 8.81. The lowest BCUT2D eigenvalue weighted by Crippen LogP contribution is -2.23. The van der Waals surface area contributed by atoms with E-state index in [1.807, 2.05) is 0 Å². The number of nitriles is 1. The maximum Gasteiger partial charge on any atom is 0.0669 e. The van der Waals surface area contributed by atoms with Crippen molar-refractivity contribution in [3.05, 3.63) is 29.8 Å². The molecule has 92 valence electrons. The Kier molecular flexibility index (Phi) is 6.76. The van der Waals surface area contributed by atoms with Gasteiger partial charge in [0.1, 0.15) is 0 Å². The molecule has 0 aliphatic carbocycles. The predicted molar refractivity (Wildman–Crippen MR) is 74.2 cm³/mol. The van der Waals surface area contributed by atoms with Gasteiger partial charge in [0.2, 0.25) is 0 Å². The van der Waals surface area contributed by atoms with Crippen LogP contribution in [0.2, 0.25) is 0 Å². The van der Waals surface area contributed by atoms with Crippen molar-refractivity contribution in [1.29, 1.82) is 5.26 Å². The van der Waals surface area contributed by atoms with Gasteiger partial charge in [-0.2, -0.15) is 5.26 Å². The molecule has 1 atom stereocenters. The Morgan fingerprint density at radius 2 is 2.06 bits per heavy atom. The zero-order chi connectivity index (χ0) is 12.5. The van der Waals surface area contributed by atoms with Crippen molar-refractivity contribution in [1.82, 2.24) is 5.32 Å². The fourth-order valence-corrected chi connectivity index (χ4v) is 1.99. The molecular weight excluding hydrogens is 228 g/mol. The first kappa shape index (κ1) is 14.1. The molecule has 1 rings (SSSR count). The van der Waals surface area contributed by atoms with Gasteiger partial charge in [-0.15, -0.1) is 11.8 Å². The molecule has 0 aliphatic rings. The average molecular weight is 248 g/mol. The second-order valence-electron chi connectivity index (χ2n) is 4.04. The van der Waals surface area contributed by atoms with Crippen LogP contribution in [0.3, 0.4) is 0 Å². The molecule has 0 radical (unpaired) electrons. The van der Waals surface area contributed by atoms with Crippen LogP contribution in [0.1, 0.15) is 18.9 Å². The first-order valence-electron chi connectivity index (χ1n) is 6.03. The van der Waals surface area contributed by atoms with Gasteiger partial charge in [0.05, 0.1) is 12.0 Å². The summed E-state index contributed by atoms with van der Waals surface area (Å²) in [7, 11) is 0. The van der Waals surface area contributed by atoms with E-state index in [0.29, 0.717) is 0 Å². The molecule has 17 heavy (non-hydrogen) atoms. The number of hydrogen-bond acceptors (Lipinski definition) is 3. The number of hydrogen-bond donors (Lipinski definition) is 1. The quantitative estimate of drug-likeness (QED) is 0.595. The third-order valence-electron chi connectivity index (χ3n) is 2.82. The Hall–Kier alpha value is -0.980. The molecule has 0 aromatic heterocycles. The van der Waals surface area contributed by atoms with Crippen LogP contribution < -0.4 is 5.32 Å². The maximum atomic E-state index is 8.81. The third-order valence-corrected chi connectivity index (χ3v) is 3.56. The van der Waals surface area contributed by atoms with Crippen molar-refractivity contribution in [3.8, 4) is 6.07 Å². The van der Waals surface area contributed by atoms with E-state index in [0.717, 1.165) is 25.9 Å². The summed E-state index contributed by atoms with van der Waals surface area (Å²) in [6.07, 6.45) is 4.03. The Bertz CT molecular complexity index is 353. The van der Waals surface area contributed by atoms with Gasteiger partial charge in [-0.25, -0.2) is 0 Å². The summed E-state index contributed by atoms with van der Waals surface area (Å²) in [5, 5.41) is 12.1. The lowest BCUT2D eigenvalue weighted by atomic mass is 10.1. The molecule has 0 fully saturated rings. The Labute approximate surface area is 108 Å². The molecule has 1 unspecified atom stereocenters. The standard InChI is InChI=1S/C14H20N2S/c1-3-12(10-15)11-16-9-8-13-4-6-14(17-2)7-5-13/h4-7,12,16H,3,8-9,11H2,1-2H3. The van der Waals surface area contributed by atoms with Crippen molar-refractivity contribution in [2.45, 2.75) is 24.7 Å². The molecule has 0 amide bonds. The zero-order valence-corrected chi connectivity index (χ0v) is 11.4. The normalized spacial score (nSPS) is 12.1. The first-order valence-corrected chi connectivity index (χ1v) is 7.26. The summed E-state index contributed by atoms with van der Waals surface area (Å²) in [5.41, 5.74) is 1.35. The van der Waals surface area contributed by atoms with Crippen molar-refractivity contribution < 1.29 is 0 Å². The molecule has 0 spiro atoms. The largest absolute Gasteiger partial charge is 0.315 e. The minimum Gasteiger partial charge on any atom is -0.315 e. The van der Waals surface area contributed by atoms with Gasteiger partial charge in [-0.1, -0.05) is 19.1 Å². The summed E-state index contributed by atoms with van der Waals surface area (Å²) < 4.78 is 0.